The Morgan fingerprint density at radius 2 is 1.95 bits per heavy atom. The van der Waals surface area contributed by atoms with Gasteiger partial charge in [0.2, 0.25) is 5.88 Å². The third kappa shape index (κ3) is 3.02. The van der Waals surface area contributed by atoms with Gasteiger partial charge in [-0.1, -0.05) is 29.8 Å². The second kappa shape index (κ2) is 6.13. The monoisotopic (exact) mass is 299 g/mol. The van der Waals surface area contributed by atoms with Crippen LogP contribution < -0.4 is 10.1 Å². The average Bonchev–Trinajstić information content (AvgIpc) is 3.28. The van der Waals surface area contributed by atoms with Gasteiger partial charge in [0.1, 0.15) is 0 Å². The summed E-state index contributed by atoms with van der Waals surface area (Å²) in [5, 5.41) is 8.19. The van der Waals surface area contributed by atoms with Gasteiger partial charge in [-0.3, -0.25) is 0 Å². The fraction of sp³-hybridized carbons (Fsp3) is 0.500. The van der Waals surface area contributed by atoms with Crippen LogP contribution in [0.4, 0.5) is 0 Å². The lowest BCUT2D eigenvalue weighted by atomic mass is 10.0. The van der Waals surface area contributed by atoms with Crippen molar-refractivity contribution in [1.29, 1.82) is 0 Å². The van der Waals surface area contributed by atoms with Crippen molar-refractivity contribution in [2.75, 3.05) is 7.11 Å². The van der Waals surface area contributed by atoms with Gasteiger partial charge in [0, 0.05) is 19.6 Å². The first-order chi connectivity index (χ1) is 10.6. The summed E-state index contributed by atoms with van der Waals surface area (Å²) in [6.07, 6.45) is 2.63. The van der Waals surface area contributed by atoms with Gasteiger partial charge in [0.05, 0.1) is 18.4 Å². The highest BCUT2D eigenvalue weighted by molar-refractivity contribution is 5.31. The van der Waals surface area contributed by atoms with Crippen LogP contribution >= 0.6 is 0 Å². The van der Waals surface area contributed by atoms with Crippen molar-refractivity contribution in [3.8, 4) is 5.88 Å². The molecule has 1 N–H and O–H groups in total. The highest BCUT2D eigenvalue weighted by Gasteiger charge is 2.32. The van der Waals surface area contributed by atoms with Crippen molar-refractivity contribution >= 4 is 0 Å². The number of aromatic nitrogens is 2. The van der Waals surface area contributed by atoms with E-state index in [4.69, 9.17) is 4.74 Å². The summed E-state index contributed by atoms with van der Waals surface area (Å²) >= 11 is 0. The van der Waals surface area contributed by atoms with E-state index in [1.807, 2.05) is 18.7 Å². The highest BCUT2D eigenvalue weighted by Crippen LogP contribution is 2.41. The molecule has 1 heterocycles. The van der Waals surface area contributed by atoms with E-state index in [1.165, 1.54) is 24.0 Å². The lowest BCUT2D eigenvalue weighted by Crippen LogP contribution is -2.23. The minimum Gasteiger partial charge on any atom is -0.481 e. The zero-order chi connectivity index (χ0) is 15.7. The molecule has 1 aliphatic carbocycles. The van der Waals surface area contributed by atoms with Gasteiger partial charge in [-0.2, -0.15) is 5.10 Å². The first-order valence-corrected chi connectivity index (χ1v) is 7.96. The molecule has 1 fully saturated rings. The molecule has 2 aromatic rings. The zero-order valence-electron chi connectivity index (χ0n) is 13.9. The van der Waals surface area contributed by atoms with Gasteiger partial charge >= 0.3 is 0 Å². The average molecular weight is 299 g/mol. The Morgan fingerprint density at radius 1 is 1.27 bits per heavy atom. The molecule has 0 spiro atoms. The van der Waals surface area contributed by atoms with Gasteiger partial charge in [0.25, 0.3) is 0 Å². The molecule has 1 atom stereocenters. The summed E-state index contributed by atoms with van der Waals surface area (Å²) in [5.74, 6) is 1.61. The molecule has 0 amide bonds. The molecule has 4 heteroatoms. The number of methoxy groups -OCH3 is 1. The van der Waals surface area contributed by atoms with Crippen LogP contribution in [0.15, 0.2) is 24.3 Å². The zero-order valence-corrected chi connectivity index (χ0v) is 13.9. The van der Waals surface area contributed by atoms with Crippen molar-refractivity contribution < 1.29 is 4.74 Å². The normalized spacial score (nSPS) is 15.8. The van der Waals surface area contributed by atoms with E-state index in [0.29, 0.717) is 6.04 Å². The SMILES string of the molecule is COc1c(CN[C@@H](c2ccc(C)cc2)C2CC2)c(C)nn1C. The Labute approximate surface area is 132 Å². The van der Waals surface area contributed by atoms with Gasteiger partial charge in [0.15, 0.2) is 0 Å². The molecule has 0 saturated heterocycles. The molecular formula is C18H25N3O. The van der Waals surface area contributed by atoms with E-state index in [-0.39, 0.29) is 0 Å². The van der Waals surface area contributed by atoms with E-state index in [1.54, 1.807) is 7.11 Å². The van der Waals surface area contributed by atoms with Crippen LogP contribution in [0, 0.1) is 19.8 Å². The molecule has 0 unspecified atom stereocenters. The number of nitrogens with one attached hydrogen (secondary N) is 1. The van der Waals surface area contributed by atoms with Crippen molar-refractivity contribution in [3.05, 3.63) is 46.6 Å². The van der Waals surface area contributed by atoms with Crippen LogP contribution in [-0.4, -0.2) is 16.9 Å². The van der Waals surface area contributed by atoms with Crippen molar-refractivity contribution in [2.24, 2.45) is 13.0 Å². The maximum atomic E-state index is 5.49. The van der Waals surface area contributed by atoms with Crippen LogP contribution in [0.3, 0.4) is 0 Å². The summed E-state index contributed by atoms with van der Waals surface area (Å²) in [5.41, 5.74) is 4.88. The van der Waals surface area contributed by atoms with Gasteiger partial charge in [-0.05, 0) is 38.2 Å². The summed E-state index contributed by atoms with van der Waals surface area (Å²) < 4.78 is 7.30. The van der Waals surface area contributed by atoms with Crippen LogP contribution in [0.5, 0.6) is 5.88 Å². The van der Waals surface area contributed by atoms with Crippen LogP contribution in [0.2, 0.25) is 0 Å². The maximum Gasteiger partial charge on any atom is 0.216 e. The minimum atomic E-state index is 0.421. The summed E-state index contributed by atoms with van der Waals surface area (Å²) in [6.45, 7) is 4.96. The number of ether oxygens (including phenoxy) is 1. The fourth-order valence-corrected chi connectivity index (χ4v) is 3.11. The molecule has 0 radical (unpaired) electrons. The van der Waals surface area contributed by atoms with E-state index in [0.717, 1.165) is 29.6 Å². The van der Waals surface area contributed by atoms with E-state index in [2.05, 4.69) is 41.6 Å². The quantitative estimate of drug-likeness (QED) is 0.889. The molecule has 0 bridgehead atoms. The number of benzene rings is 1. The second-order valence-corrected chi connectivity index (χ2v) is 6.30. The Kier molecular flexibility index (Phi) is 4.21. The minimum absolute atomic E-state index is 0.421. The first kappa shape index (κ1) is 15.1. The highest BCUT2D eigenvalue weighted by atomic mass is 16.5. The summed E-state index contributed by atoms with van der Waals surface area (Å²) in [6, 6.07) is 9.31. The third-order valence-electron chi connectivity index (χ3n) is 4.51. The molecule has 4 nitrogen and oxygen atoms in total. The van der Waals surface area contributed by atoms with Crippen molar-refractivity contribution in [1.82, 2.24) is 15.1 Å². The maximum absolute atomic E-state index is 5.49. The number of hydrogen-bond donors (Lipinski definition) is 1. The molecule has 1 aliphatic rings. The molecule has 3 rings (SSSR count). The molecule has 22 heavy (non-hydrogen) atoms. The lowest BCUT2D eigenvalue weighted by molar-refractivity contribution is 0.365. The smallest absolute Gasteiger partial charge is 0.216 e. The predicted molar refractivity (Wildman–Crippen MR) is 88.0 cm³/mol. The molecule has 1 aromatic carbocycles. The largest absolute Gasteiger partial charge is 0.481 e. The van der Waals surface area contributed by atoms with E-state index < -0.39 is 0 Å². The first-order valence-electron chi connectivity index (χ1n) is 7.96. The Hall–Kier alpha value is -1.81. The van der Waals surface area contributed by atoms with E-state index in [9.17, 15) is 0 Å². The van der Waals surface area contributed by atoms with E-state index >= 15 is 0 Å². The molecular weight excluding hydrogens is 274 g/mol. The van der Waals surface area contributed by atoms with Crippen molar-refractivity contribution in [2.45, 2.75) is 39.3 Å². The molecule has 1 saturated carbocycles. The number of nitrogens with zero attached hydrogens (tertiary/aromatic N) is 2. The van der Waals surface area contributed by atoms with Gasteiger partial charge in [-0.15, -0.1) is 0 Å². The standard InChI is InChI=1S/C18H25N3O/c1-12-5-7-14(8-6-12)17(15-9-10-15)19-11-16-13(2)20-21(3)18(16)22-4/h5-8,15,17,19H,9-11H2,1-4H3/t17-/m0/s1. The molecule has 1 aromatic heterocycles. The number of rotatable bonds is 6. The topological polar surface area (TPSA) is 39.1 Å². The van der Waals surface area contributed by atoms with Crippen molar-refractivity contribution in [3.63, 3.8) is 0 Å². The Bertz CT molecular complexity index is 641. The fourth-order valence-electron chi connectivity index (χ4n) is 3.11. The molecule has 0 aliphatic heterocycles. The van der Waals surface area contributed by atoms with Crippen LogP contribution in [0.25, 0.3) is 0 Å². The predicted octanol–water partition coefficient (Wildman–Crippen LogP) is 3.29. The third-order valence-corrected chi connectivity index (χ3v) is 4.51. The molecule has 118 valence electrons. The van der Waals surface area contributed by atoms with Crippen LogP contribution in [0.1, 0.15) is 41.3 Å². The number of aryl methyl sites for hydroxylation is 3. The van der Waals surface area contributed by atoms with Crippen LogP contribution in [-0.2, 0) is 13.6 Å². The second-order valence-electron chi connectivity index (χ2n) is 6.30. The summed E-state index contributed by atoms with van der Waals surface area (Å²) in [4.78, 5) is 0. The lowest BCUT2D eigenvalue weighted by Gasteiger charge is -2.19. The van der Waals surface area contributed by atoms with Gasteiger partial charge in [-0.25, -0.2) is 4.68 Å². The Balaban J connectivity index is 1.77. The summed E-state index contributed by atoms with van der Waals surface area (Å²) in [7, 11) is 3.63. The number of hydrogen-bond acceptors (Lipinski definition) is 3. The van der Waals surface area contributed by atoms with Gasteiger partial charge < -0.3 is 10.1 Å². The Morgan fingerprint density at radius 3 is 2.55 bits per heavy atom.